The number of benzene rings is 1. The molecule has 0 aliphatic heterocycles. The third-order valence-electron chi connectivity index (χ3n) is 2.25. The molecule has 92 valence electrons. The maximum atomic E-state index is 11.4. The summed E-state index contributed by atoms with van der Waals surface area (Å²) in [5.74, 6) is -0.423. The van der Waals surface area contributed by atoms with E-state index in [0.29, 0.717) is 21.9 Å². The Kier molecular flexibility index (Phi) is 3.53. The minimum atomic E-state index is -0.423. The van der Waals surface area contributed by atoms with Gasteiger partial charge in [-0.15, -0.1) is 0 Å². The van der Waals surface area contributed by atoms with Gasteiger partial charge in [0, 0.05) is 0 Å². The molecule has 0 N–H and O–H groups in total. The molecule has 1 aromatic carbocycles. The largest absolute Gasteiger partial charge is 0.465 e. The Bertz CT molecular complexity index is 630. The molecule has 0 radical (unpaired) electrons. The number of esters is 1. The highest BCUT2D eigenvalue weighted by molar-refractivity contribution is 7.99. The number of thioether (sulfide) groups is 1. The number of rotatable bonds is 3. The lowest BCUT2D eigenvalue weighted by atomic mass is 10.2. The fourth-order valence-corrected chi connectivity index (χ4v) is 2.02. The van der Waals surface area contributed by atoms with Gasteiger partial charge in [-0.25, -0.2) is 9.78 Å². The molecular weight excluding hydrogens is 252 g/mol. The Morgan fingerprint density at radius 3 is 3.06 bits per heavy atom. The van der Waals surface area contributed by atoms with E-state index in [9.17, 15) is 4.79 Å². The molecule has 1 heterocycles. The predicted octanol–water partition coefficient (Wildman–Crippen LogP) is 2.62. The summed E-state index contributed by atoms with van der Waals surface area (Å²) in [5.41, 5.74) is 1.56. The Morgan fingerprint density at radius 2 is 2.39 bits per heavy atom. The fraction of sp³-hybridized carbons (Fsp3) is 0.250. The number of carbonyl (C=O) groups is 1. The van der Waals surface area contributed by atoms with Gasteiger partial charge in [0.15, 0.2) is 5.58 Å². The highest BCUT2D eigenvalue weighted by Crippen LogP contribution is 2.27. The van der Waals surface area contributed by atoms with Crippen molar-refractivity contribution in [2.24, 2.45) is 0 Å². The van der Waals surface area contributed by atoms with E-state index >= 15 is 0 Å². The van der Waals surface area contributed by atoms with E-state index < -0.39 is 5.97 Å². The lowest BCUT2D eigenvalue weighted by Gasteiger charge is -1.96. The van der Waals surface area contributed by atoms with Crippen LogP contribution in [0.25, 0.3) is 11.1 Å². The number of methoxy groups -OCH3 is 1. The maximum Gasteiger partial charge on any atom is 0.337 e. The number of nitrogens with zero attached hydrogens (tertiary/aromatic N) is 2. The number of ether oxygens (including phenoxy) is 1. The Hall–Kier alpha value is -2.00. The van der Waals surface area contributed by atoms with Gasteiger partial charge < -0.3 is 9.15 Å². The first-order valence-electron chi connectivity index (χ1n) is 5.19. The average Bonchev–Trinajstić information content (AvgIpc) is 2.78. The van der Waals surface area contributed by atoms with Crippen molar-refractivity contribution in [1.29, 1.82) is 5.26 Å². The summed E-state index contributed by atoms with van der Waals surface area (Å²) in [5, 5.41) is 8.90. The summed E-state index contributed by atoms with van der Waals surface area (Å²) in [6.07, 6.45) is 0. The Balaban J connectivity index is 2.34. The van der Waals surface area contributed by atoms with Crippen molar-refractivity contribution < 1.29 is 13.9 Å². The summed E-state index contributed by atoms with van der Waals surface area (Å²) < 4.78 is 10.1. The van der Waals surface area contributed by atoms with Crippen LogP contribution in [-0.4, -0.2) is 23.3 Å². The van der Waals surface area contributed by atoms with Gasteiger partial charge in [0.2, 0.25) is 0 Å². The molecule has 0 fully saturated rings. The fourth-order valence-electron chi connectivity index (χ4n) is 1.38. The standard InChI is InChI=1S/C12H10N2O3S/c1-7(6-13)18-12-14-9-4-3-8(11(15)16-2)5-10(9)17-12/h3-5,7H,1-2H3. The normalized spacial score (nSPS) is 12.1. The zero-order valence-corrected chi connectivity index (χ0v) is 10.7. The molecule has 0 bridgehead atoms. The van der Waals surface area contributed by atoms with Crippen molar-refractivity contribution in [3.05, 3.63) is 23.8 Å². The van der Waals surface area contributed by atoms with E-state index in [-0.39, 0.29) is 5.25 Å². The van der Waals surface area contributed by atoms with Crippen molar-refractivity contribution in [2.75, 3.05) is 7.11 Å². The number of hydrogen-bond acceptors (Lipinski definition) is 6. The summed E-state index contributed by atoms with van der Waals surface area (Å²) >= 11 is 1.23. The van der Waals surface area contributed by atoms with Crippen LogP contribution in [0.5, 0.6) is 0 Å². The second-order valence-electron chi connectivity index (χ2n) is 3.54. The average molecular weight is 262 g/mol. The lowest BCUT2D eigenvalue weighted by molar-refractivity contribution is 0.0601. The van der Waals surface area contributed by atoms with Gasteiger partial charge in [-0.2, -0.15) is 5.26 Å². The zero-order chi connectivity index (χ0) is 13.1. The monoisotopic (exact) mass is 262 g/mol. The van der Waals surface area contributed by atoms with E-state index in [1.165, 1.54) is 18.9 Å². The first-order chi connectivity index (χ1) is 8.63. The predicted molar refractivity (Wildman–Crippen MR) is 66.3 cm³/mol. The van der Waals surface area contributed by atoms with Crippen molar-refractivity contribution in [3.8, 4) is 6.07 Å². The highest BCUT2D eigenvalue weighted by Gasteiger charge is 2.13. The van der Waals surface area contributed by atoms with Crippen molar-refractivity contribution in [2.45, 2.75) is 17.4 Å². The van der Waals surface area contributed by atoms with Gasteiger partial charge in [0.1, 0.15) is 5.52 Å². The molecule has 0 amide bonds. The molecule has 5 nitrogen and oxygen atoms in total. The van der Waals surface area contributed by atoms with Crippen LogP contribution in [0.1, 0.15) is 17.3 Å². The zero-order valence-electron chi connectivity index (χ0n) is 9.84. The van der Waals surface area contributed by atoms with Crippen LogP contribution in [-0.2, 0) is 4.74 Å². The molecule has 1 aromatic heterocycles. The number of nitriles is 1. The van der Waals surface area contributed by atoms with Gasteiger partial charge in [-0.1, -0.05) is 0 Å². The van der Waals surface area contributed by atoms with Crippen LogP contribution in [0.4, 0.5) is 0 Å². The minimum Gasteiger partial charge on any atom is -0.465 e. The van der Waals surface area contributed by atoms with Gasteiger partial charge in [-0.3, -0.25) is 0 Å². The van der Waals surface area contributed by atoms with Crippen LogP contribution in [0.2, 0.25) is 0 Å². The summed E-state index contributed by atoms with van der Waals surface area (Å²) in [6, 6.07) is 6.97. The van der Waals surface area contributed by atoms with Gasteiger partial charge >= 0.3 is 5.97 Å². The SMILES string of the molecule is COC(=O)c1ccc2nc(SC(C)C#N)oc2c1. The van der Waals surface area contributed by atoms with Gasteiger partial charge in [0.25, 0.3) is 5.22 Å². The molecule has 2 rings (SSSR count). The summed E-state index contributed by atoms with van der Waals surface area (Å²) in [4.78, 5) is 15.6. The molecule has 18 heavy (non-hydrogen) atoms. The van der Waals surface area contributed by atoms with Crippen molar-refractivity contribution in [1.82, 2.24) is 4.98 Å². The quantitative estimate of drug-likeness (QED) is 0.625. The molecule has 0 aliphatic rings. The second kappa shape index (κ2) is 5.10. The number of carbonyl (C=O) groups excluding carboxylic acids is 1. The molecule has 0 saturated heterocycles. The molecule has 0 aliphatic carbocycles. The highest BCUT2D eigenvalue weighted by atomic mass is 32.2. The van der Waals surface area contributed by atoms with E-state index in [4.69, 9.17) is 9.68 Å². The third-order valence-corrected chi connectivity index (χ3v) is 3.08. The molecule has 6 heteroatoms. The van der Waals surface area contributed by atoms with Crippen LogP contribution in [0.15, 0.2) is 27.8 Å². The first-order valence-corrected chi connectivity index (χ1v) is 6.07. The second-order valence-corrected chi connectivity index (χ2v) is 4.84. The molecule has 2 aromatic rings. The van der Waals surface area contributed by atoms with Gasteiger partial charge in [-0.05, 0) is 36.9 Å². The summed E-state index contributed by atoms with van der Waals surface area (Å²) in [7, 11) is 1.32. The molecule has 0 spiro atoms. The third kappa shape index (κ3) is 2.46. The minimum absolute atomic E-state index is 0.238. The van der Waals surface area contributed by atoms with Gasteiger partial charge in [0.05, 0.1) is 24.0 Å². The Labute approximate surface area is 108 Å². The van der Waals surface area contributed by atoms with Crippen LogP contribution < -0.4 is 0 Å². The number of oxazole rings is 1. The van der Waals surface area contributed by atoms with E-state index in [2.05, 4.69) is 15.8 Å². The van der Waals surface area contributed by atoms with E-state index in [0.717, 1.165) is 0 Å². The molecule has 1 unspecified atom stereocenters. The van der Waals surface area contributed by atoms with Crippen molar-refractivity contribution in [3.63, 3.8) is 0 Å². The lowest BCUT2D eigenvalue weighted by Crippen LogP contribution is -2.00. The van der Waals surface area contributed by atoms with Crippen molar-refractivity contribution >= 4 is 28.8 Å². The number of hydrogen-bond donors (Lipinski definition) is 0. The first kappa shape index (κ1) is 12.5. The molecular formula is C12H10N2O3S. The smallest absolute Gasteiger partial charge is 0.337 e. The van der Waals surface area contributed by atoms with E-state index in [1.807, 2.05) is 0 Å². The molecule has 1 atom stereocenters. The summed E-state index contributed by atoms with van der Waals surface area (Å²) in [6.45, 7) is 1.76. The Morgan fingerprint density at radius 1 is 1.61 bits per heavy atom. The number of aromatic nitrogens is 1. The molecule has 0 saturated carbocycles. The topological polar surface area (TPSA) is 76.1 Å². The van der Waals surface area contributed by atoms with Crippen LogP contribution >= 0.6 is 11.8 Å². The van der Waals surface area contributed by atoms with E-state index in [1.54, 1.807) is 25.1 Å². The van der Waals surface area contributed by atoms with Crippen LogP contribution in [0, 0.1) is 11.3 Å². The number of fused-ring (bicyclic) bond motifs is 1. The van der Waals surface area contributed by atoms with Crippen LogP contribution in [0.3, 0.4) is 0 Å². The maximum absolute atomic E-state index is 11.4.